The van der Waals surface area contributed by atoms with E-state index in [4.69, 9.17) is 4.42 Å². The normalized spacial score (nSPS) is 18.0. The molecule has 0 aliphatic carbocycles. The summed E-state index contributed by atoms with van der Waals surface area (Å²) in [7, 11) is 4.37. The molecule has 1 aromatic heterocycles. The highest BCUT2D eigenvalue weighted by molar-refractivity contribution is 5.16. The second-order valence-corrected chi connectivity index (χ2v) is 6.02. The quantitative estimate of drug-likeness (QED) is 0.776. The van der Waals surface area contributed by atoms with E-state index >= 15 is 0 Å². The Hall–Kier alpha value is -0.840. The first-order valence-corrected chi connectivity index (χ1v) is 7.85. The lowest BCUT2D eigenvalue weighted by Gasteiger charge is -2.34. The van der Waals surface area contributed by atoms with Gasteiger partial charge in [0.2, 0.25) is 0 Å². The summed E-state index contributed by atoms with van der Waals surface area (Å²) in [5.41, 5.74) is 1.31. The monoisotopic (exact) mass is 279 g/mol. The highest BCUT2D eigenvalue weighted by atomic mass is 16.3. The highest BCUT2D eigenvalue weighted by Gasteiger charge is 2.21. The molecule has 0 atom stereocenters. The Kier molecular flexibility index (Phi) is 6.07. The highest BCUT2D eigenvalue weighted by Crippen LogP contribution is 2.19. The minimum absolute atomic E-state index is 0.744. The molecule has 4 heteroatoms. The van der Waals surface area contributed by atoms with E-state index in [1.807, 2.05) is 6.26 Å². The van der Waals surface area contributed by atoms with Gasteiger partial charge in [-0.1, -0.05) is 6.92 Å². The van der Waals surface area contributed by atoms with Gasteiger partial charge in [0.1, 0.15) is 5.76 Å². The zero-order valence-corrected chi connectivity index (χ0v) is 13.2. The van der Waals surface area contributed by atoms with Crippen LogP contribution in [0.1, 0.15) is 37.5 Å². The largest absolute Gasteiger partial charge is 0.468 e. The van der Waals surface area contributed by atoms with Crippen LogP contribution in [-0.4, -0.2) is 49.6 Å². The van der Waals surface area contributed by atoms with Crippen LogP contribution in [0.3, 0.4) is 0 Å². The van der Waals surface area contributed by atoms with E-state index in [1.54, 1.807) is 0 Å². The zero-order valence-electron chi connectivity index (χ0n) is 13.2. The Morgan fingerprint density at radius 3 is 2.75 bits per heavy atom. The third-order valence-corrected chi connectivity index (χ3v) is 4.23. The Morgan fingerprint density at radius 1 is 1.35 bits per heavy atom. The lowest BCUT2D eigenvalue weighted by Crippen LogP contribution is -2.41. The fourth-order valence-corrected chi connectivity index (χ4v) is 2.86. The predicted octanol–water partition coefficient (Wildman–Crippen LogP) is 2.31. The van der Waals surface area contributed by atoms with Crippen molar-refractivity contribution in [1.82, 2.24) is 15.1 Å². The van der Waals surface area contributed by atoms with Crippen molar-refractivity contribution in [3.05, 3.63) is 23.7 Å². The molecule has 0 radical (unpaired) electrons. The van der Waals surface area contributed by atoms with Crippen molar-refractivity contribution in [2.45, 2.75) is 45.3 Å². The van der Waals surface area contributed by atoms with Crippen molar-refractivity contribution >= 4 is 0 Å². The molecule has 0 bridgehead atoms. The van der Waals surface area contributed by atoms with E-state index in [9.17, 15) is 0 Å². The van der Waals surface area contributed by atoms with Gasteiger partial charge in [-0.05, 0) is 46.0 Å². The Labute approximate surface area is 123 Å². The van der Waals surface area contributed by atoms with Crippen LogP contribution in [0.4, 0.5) is 0 Å². The molecule has 1 fully saturated rings. The van der Waals surface area contributed by atoms with E-state index in [0.717, 1.165) is 31.4 Å². The fraction of sp³-hybridized carbons (Fsp3) is 0.750. The molecule has 4 nitrogen and oxygen atoms in total. The first kappa shape index (κ1) is 15.5. The Bertz CT molecular complexity index is 381. The molecule has 20 heavy (non-hydrogen) atoms. The molecule has 114 valence electrons. The fourth-order valence-electron chi connectivity index (χ4n) is 2.86. The van der Waals surface area contributed by atoms with E-state index in [0.29, 0.717) is 0 Å². The summed E-state index contributed by atoms with van der Waals surface area (Å²) in [5, 5.41) is 3.45. The maximum atomic E-state index is 5.68. The molecule has 1 saturated heterocycles. The number of hydrogen-bond donors (Lipinski definition) is 1. The van der Waals surface area contributed by atoms with E-state index in [1.165, 1.54) is 37.9 Å². The van der Waals surface area contributed by atoms with E-state index < -0.39 is 0 Å². The van der Waals surface area contributed by atoms with Gasteiger partial charge in [-0.3, -0.25) is 4.90 Å². The summed E-state index contributed by atoms with van der Waals surface area (Å²) in [5.74, 6) is 1.14. The Balaban J connectivity index is 1.81. The van der Waals surface area contributed by atoms with Crippen LogP contribution >= 0.6 is 0 Å². The van der Waals surface area contributed by atoms with Gasteiger partial charge in [0.25, 0.3) is 0 Å². The van der Waals surface area contributed by atoms with Crippen LogP contribution < -0.4 is 5.32 Å². The maximum absolute atomic E-state index is 5.68. The van der Waals surface area contributed by atoms with Crippen LogP contribution in [0.2, 0.25) is 0 Å². The smallest absolute Gasteiger partial charge is 0.122 e. The molecule has 1 N–H and O–H groups in total. The molecule has 0 saturated carbocycles. The minimum atomic E-state index is 0.744. The summed E-state index contributed by atoms with van der Waals surface area (Å²) >= 11 is 0. The van der Waals surface area contributed by atoms with Gasteiger partial charge in [0, 0.05) is 31.2 Å². The summed E-state index contributed by atoms with van der Waals surface area (Å²) < 4.78 is 5.68. The molecule has 0 unspecified atom stereocenters. The molecule has 0 spiro atoms. The molecular formula is C16H29N3O. The summed E-state index contributed by atoms with van der Waals surface area (Å²) in [6.45, 7) is 7.48. The van der Waals surface area contributed by atoms with Crippen molar-refractivity contribution in [2.75, 3.05) is 33.7 Å². The molecule has 0 amide bonds. The summed E-state index contributed by atoms with van der Waals surface area (Å²) in [6.07, 6.45) is 5.52. The number of nitrogens with zero attached hydrogens (tertiary/aromatic N) is 2. The Morgan fingerprint density at radius 2 is 2.10 bits per heavy atom. The second-order valence-electron chi connectivity index (χ2n) is 6.02. The zero-order chi connectivity index (χ0) is 14.4. The van der Waals surface area contributed by atoms with Gasteiger partial charge in [-0.2, -0.15) is 0 Å². The topological polar surface area (TPSA) is 31.7 Å². The van der Waals surface area contributed by atoms with Crippen molar-refractivity contribution in [1.29, 1.82) is 0 Å². The molecular weight excluding hydrogens is 250 g/mol. The van der Waals surface area contributed by atoms with Crippen LogP contribution in [0.5, 0.6) is 0 Å². The summed E-state index contributed by atoms with van der Waals surface area (Å²) in [4.78, 5) is 4.87. The van der Waals surface area contributed by atoms with Crippen molar-refractivity contribution in [3.8, 4) is 0 Å². The van der Waals surface area contributed by atoms with E-state index in [2.05, 4.69) is 42.2 Å². The van der Waals surface area contributed by atoms with Gasteiger partial charge in [-0.15, -0.1) is 0 Å². The first-order valence-electron chi connectivity index (χ1n) is 7.85. The average molecular weight is 279 g/mol. The van der Waals surface area contributed by atoms with E-state index in [-0.39, 0.29) is 0 Å². The minimum Gasteiger partial charge on any atom is -0.468 e. The van der Waals surface area contributed by atoms with Gasteiger partial charge in [0.15, 0.2) is 0 Å². The van der Waals surface area contributed by atoms with Crippen LogP contribution in [-0.2, 0) is 13.1 Å². The standard InChI is InChI=1S/C16H29N3O/c1-4-8-17-12-14-7-11-20-16(14)13-19-9-5-15(6-10-19)18(2)3/h7,11,15,17H,4-6,8-10,12-13H2,1-3H3. The third kappa shape index (κ3) is 4.33. The number of hydrogen-bond acceptors (Lipinski definition) is 4. The third-order valence-electron chi connectivity index (χ3n) is 4.23. The molecule has 1 aromatic rings. The van der Waals surface area contributed by atoms with Gasteiger partial charge < -0.3 is 14.6 Å². The van der Waals surface area contributed by atoms with Crippen molar-refractivity contribution < 1.29 is 4.42 Å². The SMILES string of the molecule is CCCNCc1ccoc1CN1CCC(N(C)C)CC1. The molecule has 2 rings (SSSR count). The number of nitrogens with one attached hydrogen (secondary N) is 1. The first-order chi connectivity index (χ1) is 9.70. The van der Waals surface area contributed by atoms with Crippen molar-refractivity contribution in [3.63, 3.8) is 0 Å². The van der Waals surface area contributed by atoms with Crippen LogP contribution in [0.15, 0.2) is 16.7 Å². The predicted molar refractivity (Wildman–Crippen MR) is 82.7 cm³/mol. The summed E-state index contributed by atoms with van der Waals surface area (Å²) in [6, 6.07) is 2.85. The van der Waals surface area contributed by atoms with Gasteiger partial charge in [0.05, 0.1) is 12.8 Å². The second kappa shape index (κ2) is 7.81. The number of furan rings is 1. The lowest BCUT2D eigenvalue weighted by atomic mass is 10.0. The van der Waals surface area contributed by atoms with Crippen LogP contribution in [0, 0.1) is 0 Å². The van der Waals surface area contributed by atoms with Gasteiger partial charge >= 0.3 is 0 Å². The van der Waals surface area contributed by atoms with Crippen molar-refractivity contribution in [2.24, 2.45) is 0 Å². The van der Waals surface area contributed by atoms with Gasteiger partial charge in [-0.25, -0.2) is 0 Å². The molecule has 1 aliphatic heterocycles. The number of piperidine rings is 1. The lowest BCUT2D eigenvalue weighted by molar-refractivity contribution is 0.133. The molecule has 0 aromatic carbocycles. The molecule has 2 heterocycles. The van der Waals surface area contributed by atoms with Crippen LogP contribution in [0.25, 0.3) is 0 Å². The number of rotatable bonds is 7. The molecule has 1 aliphatic rings. The maximum Gasteiger partial charge on any atom is 0.122 e. The average Bonchev–Trinajstić information content (AvgIpc) is 2.87. The number of likely N-dealkylation sites (tertiary alicyclic amines) is 1.